The molecule has 108 valence electrons. The van der Waals surface area contributed by atoms with Gasteiger partial charge >= 0.3 is 0 Å². The van der Waals surface area contributed by atoms with E-state index in [1.807, 2.05) is 6.08 Å². The zero-order valence-corrected chi connectivity index (χ0v) is 12.0. The molecule has 3 rings (SSSR count). The van der Waals surface area contributed by atoms with Crippen molar-refractivity contribution in [1.82, 2.24) is 15.3 Å². The first kappa shape index (κ1) is 13.7. The van der Waals surface area contributed by atoms with Crippen LogP contribution in [0.1, 0.15) is 11.4 Å². The summed E-state index contributed by atoms with van der Waals surface area (Å²) < 4.78 is 5.56. The minimum Gasteiger partial charge on any atom is -0.488 e. The van der Waals surface area contributed by atoms with E-state index in [1.165, 1.54) is 0 Å². The number of aromatic nitrogens is 2. The average Bonchev–Trinajstić information content (AvgIpc) is 2.99. The molecule has 1 aliphatic rings. The molecule has 1 amide bonds. The van der Waals surface area contributed by atoms with Crippen LogP contribution in [-0.4, -0.2) is 29.0 Å². The highest BCUT2D eigenvalue weighted by Gasteiger charge is 2.17. The van der Waals surface area contributed by atoms with Crippen molar-refractivity contribution in [2.75, 3.05) is 13.2 Å². The number of carbonyl (C=O) groups is 1. The number of amides is 1. The average molecular weight is 304 g/mol. The van der Waals surface area contributed by atoms with Crippen LogP contribution in [0.2, 0.25) is 5.02 Å². The highest BCUT2D eigenvalue weighted by atomic mass is 35.5. The van der Waals surface area contributed by atoms with Crippen LogP contribution in [0.25, 0.3) is 6.08 Å². The first-order chi connectivity index (χ1) is 10.2. The van der Waals surface area contributed by atoms with Crippen molar-refractivity contribution in [3.8, 4) is 5.75 Å². The topological polar surface area (TPSA) is 67.0 Å². The van der Waals surface area contributed by atoms with Gasteiger partial charge in [0.2, 0.25) is 0 Å². The van der Waals surface area contributed by atoms with E-state index in [4.69, 9.17) is 16.3 Å². The lowest BCUT2D eigenvalue weighted by Crippen LogP contribution is -2.30. The van der Waals surface area contributed by atoms with E-state index in [-0.39, 0.29) is 12.5 Å². The van der Waals surface area contributed by atoms with Gasteiger partial charge in [-0.25, -0.2) is 4.98 Å². The molecule has 0 aliphatic carbocycles. The molecule has 0 atom stereocenters. The predicted octanol–water partition coefficient (Wildman–Crippen LogP) is 2.20. The summed E-state index contributed by atoms with van der Waals surface area (Å²) in [5, 5.41) is 3.47. The smallest absolute Gasteiger partial charge is 0.250 e. The van der Waals surface area contributed by atoms with E-state index in [9.17, 15) is 4.79 Å². The summed E-state index contributed by atoms with van der Waals surface area (Å²) in [6.07, 6.45) is 5.92. The largest absolute Gasteiger partial charge is 0.488 e. The Labute approximate surface area is 127 Å². The standard InChI is InChI=1S/C15H14ClN3O2/c16-12-1-2-13-10(8-12)7-11(9-21-13)15(20)19-4-3-14-17-5-6-18-14/h1-2,5-8H,3-4,9H2,(H,17,18)(H,19,20). The normalized spacial score (nSPS) is 13.1. The van der Waals surface area contributed by atoms with Gasteiger partial charge < -0.3 is 15.0 Å². The van der Waals surface area contributed by atoms with Gasteiger partial charge in [0.25, 0.3) is 5.91 Å². The molecule has 0 saturated carbocycles. The lowest BCUT2D eigenvalue weighted by atomic mass is 10.1. The lowest BCUT2D eigenvalue weighted by molar-refractivity contribution is -0.117. The van der Waals surface area contributed by atoms with Crippen molar-refractivity contribution in [3.63, 3.8) is 0 Å². The highest BCUT2D eigenvalue weighted by molar-refractivity contribution is 6.30. The molecule has 0 bridgehead atoms. The number of H-pyrrole nitrogens is 1. The molecule has 0 fully saturated rings. The predicted molar refractivity (Wildman–Crippen MR) is 80.2 cm³/mol. The van der Waals surface area contributed by atoms with E-state index in [0.29, 0.717) is 23.6 Å². The van der Waals surface area contributed by atoms with Crippen molar-refractivity contribution < 1.29 is 9.53 Å². The third-order valence-corrected chi connectivity index (χ3v) is 3.41. The molecule has 0 spiro atoms. The van der Waals surface area contributed by atoms with Gasteiger partial charge in [0, 0.05) is 35.9 Å². The molecule has 5 nitrogen and oxygen atoms in total. The fraction of sp³-hybridized carbons (Fsp3) is 0.200. The number of nitrogens with zero attached hydrogens (tertiary/aromatic N) is 1. The Balaban J connectivity index is 1.62. The molecule has 21 heavy (non-hydrogen) atoms. The molecule has 2 aromatic rings. The number of rotatable bonds is 4. The van der Waals surface area contributed by atoms with E-state index in [0.717, 1.165) is 17.1 Å². The third kappa shape index (κ3) is 3.25. The van der Waals surface area contributed by atoms with Crippen LogP contribution in [0.5, 0.6) is 5.75 Å². The maximum atomic E-state index is 12.1. The minimum absolute atomic E-state index is 0.132. The molecule has 1 aromatic carbocycles. The Kier molecular flexibility index (Phi) is 3.92. The monoisotopic (exact) mass is 303 g/mol. The number of halogens is 1. The maximum absolute atomic E-state index is 12.1. The summed E-state index contributed by atoms with van der Waals surface area (Å²) in [6.45, 7) is 0.785. The van der Waals surface area contributed by atoms with Gasteiger partial charge in [0.15, 0.2) is 0 Å². The number of carbonyl (C=O) groups excluding carboxylic acids is 1. The zero-order valence-electron chi connectivity index (χ0n) is 11.2. The number of benzene rings is 1. The van der Waals surface area contributed by atoms with Gasteiger partial charge in [-0.1, -0.05) is 11.6 Å². The summed E-state index contributed by atoms with van der Waals surface area (Å²) in [6, 6.07) is 5.36. The van der Waals surface area contributed by atoms with E-state index in [2.05, 4.69) is 15.3 Å². The summed E-state index contributed by atoms with van der Waals surface area (Å²) in [5.41, 5.74) is 1.41. The van der Waals surface area contributed by atoms with Crippen molar-refractivity contribution in [2.24, 2.45) is 0 Å². The number of hydrogen-bond donors (Lipinski definition) is 2. The third-order valence-electron chi connectivity index (χ3n) is 3.18. The first-order valence-electron chi connectivity index (χ1n) is 6.62. The van der Waals surface area contributed by atoms with Crippen LogP contribution >= 0.6 is 11.6 Å². The molecule has 0 saturated heterocycles. The van der Waals surface area contributed by atoms with Crippen LogP contribution < -0.4 is 10.1 Å². The molecule has 1 aliphatic heterocycles. The summed E-state index contributed by atoms with van der Waals surface area (Å²) in [7, 11) is 0. The van der Waals surface area contributed by atoms with Crippen LogP contribution in [0.4, 0.5) is 0 Å². The van der Waals surface area contributed by atoms with Crippen LogP contribution in [0.3, 0.4) is 0 Å². The number of fused-ring (bicyclic) bond motifs is 1. The molecule has 6 heteroatoms. The fourth-order valence-electron chi connectivity index (χ4n) is 2.12. The van der Waals surface area contributed by atoms with Crippen LogP contribution in [-0.2, 0) is 11.2 Å². The SMILES string of the molecule is O=C(NCCc1ncc[nH]1)C1=Cc2cc(Cl)ccc2OC1. The van der Waals surface area contributed by atoms with Gasteiger partial charge in [0.05, 0.1) is 5.57 Å². The maximum Gasteiger partial charge on any atom is 0.250 e. The van der Waals surface area contributed by atoms with E-state index in [1.54, 1.807) is 30.6 Å². The summed E-state index contributed by atoms with van der Waals surface area (Å²) in [4.78, 5) is 19.2. The molecular weight excluding hydrogens is 290 g/mol. The molecule has 0 radical (unpaired) electrons. The number of ether oxygens (including phenoxy) is 1. The fourth-order valence-corrected chi connectivity index (χ4v) is 2.30. The molecule has 2 N–H and O–H groups in total. The lowest BCUT2D eigenvalue weighted by Gasteiger charge is -2.17. The van der Waals surface area contributed by atoms with Crippen LogP contribution in [0, 0.1) is 0 Å². The van der Waals surface area contributed by atoms with Gasteiger partial charge in [-0.2, -0.15) is 0 Å². The van der Waals surface area contributed by atoms with E-state index >= 15 is 0 Å². The number of hydrogen-bond acceptors (Lipinski definition) is 3. The molecule has 1 aromatic heterocycles. The zero-order chi connectivity index (χ0) is 14.7. The Morgan fingerprint density at radius 2 is 2.38 bits per heavy atom. The van der Waals surface area contributed by atoms with Gasteiger partial charge in [-0.15, -0.1) is 0 Å². The highest BCUT2D eigenvalue weighted by Crippen LogP contribution is 2.28. The van der Waals surface area contributed by atoms with E-state index < -0.39 is 0 Å². The second-order valence-corrected chi connectivity index (χ2v) is 5.12. The van der Waals surface area contributed by atoms with Crippen molar-refractivity contribution in [2.45, 2.75) is 6.42 Å². The first-order valence-corrected chi connectivity index (χ1v) is 6.99. The molecular formula is C15H14ClN3O2. The van der Waals surface area contributed by atoms with Gasteiger partial charge in [-0.05, 0) is 24.3 Å². The Hall–Kier alpha value is -2.27. The summed E-state index contributed by atoms with van der Waals surface area (Å²) in [5.74, 6) is 1.46. The second-order valence-electron chi connectivity index (χ2n) is 4.68. The second kappa shape index (κ2) is 6.01. The number of nitrogens with one attached hydrogen (secondary N) is 2. The summed E-state index contributed by atoms with van der Waals surface area (Å²) >= 11 is 5.95. The Morgan fingerprint density at radius 1 is 1.48 bits per heavy atom. The minimum atomic E-state index is -0.132. The molecule has 0 unspecified atom stereocenters. The number of imidazole rings is 1. The van der Waals surface area contributed by atoms with Gasteiger partial charge in [-0.3, -0.25) is 4.79 Å². The molecule has 2 heterocycles. The van der Waals surface area contributed by atoms with Crippen molar-refractivity contribution >= 4 is 23.6 Å². The van der Waals surface area contributed by atoms with Crippen molar-refractivity contribution in [3.05, 3.63) is 52.6 Å². The van der Waals surface area contributed by atoms with Crippen molar-refractivity contribution in [1.29, 1.82) is 0 Å². The quantitative estimate of drug-likeness (QED) is 0.910. The Bertz CT molecular complexity index is 680. The number of aromatic amines is 1. The Morgan fingerprint density at radius 3 is 3.19 bits per heavy atom. The van der Waals surface area contributed by atoms with Gasteiger partial charge in [0.1, 0.15) is 18.2 Å². The van der Waals surface area contributed by atoms with Crippen LogP contribution in [0.15, 0.2) is 36.2 Å².